The summed E-state index contributed by atoms with van der Waals surface area (Å²) >= 11 is 5.26. The lowest BCUT2D eigenvalue weighted by molar-refractivity contribution is 0.306. The molecule has 0 saturated carbocycles. The lowest BCUT2D eigenvalue weighted by Crippen LogP contribution is -2.23. The van der Waals surface area contributed by atoms with Crippen molar-refractivity contribution >= 4 is 29.2 Å². The molecule has 0 aliphatic rings. The molecule has 0 fully saturated rings. The fourth-order valence-corrected chi connectivity index (χ4v) is 2.64. The van der Waals surface area contributed by atoms with Crippen molar-refractivity contribution in [2.75, 3.05) is 5.32 Å². The van der Waals surface area contributed by atoms with Crippen molar-refractivity contribution in [3.8, 4) is 5.75 Å². The van der Waals surface area contributed by atoms with E-state index in [1.807, 2.05) is 85.8 Å². The summed E-state index contributed by atoms with van der Waals surface area (Å²) in [6.07, 6.45) is 1.71. The first kappa shape index (κ1) is 18.6. The van der Waals surface area contributed by atoms with Gasteiger partial charge in [-0.1, -0.05) is 54.6 Å². The summed E-state index contributed by atoms with van der Waals surface area (Å²) in [6, 6.07) is 25.8. The normalized spacial score (nSPS) is 10.6. The molecule has 3 aromatic rings. The first-order valence-electron chi connectivity index (χ1n) is 8.62. The van der Waals surface area contributed by atoms with Gasteiger partial charge in [-0.15, -0.1) is 0 Å². The summed E-state index contributed by atoms with van der Waals surface area (Å²) in [7, 11) is 0. The number of thiocarbonyl (C=S) groups is 1. The molecule has 0 aliphatic heterocycles. The maximum absolute atomic E-state index is 5.83. The van der Waals surface area contributed by atoms with Crippen LogP contribution in [0.25, 0.3) is 0 Å². The molecular weight excluding hydrogens is 354 g/mol. The Morgan fingerprint density at radius 1 is 1.00 bits per heavy atom. The van der Waals surface area contributed by atoms with Crippen LogP contribution in [0.1, 0.15) is 16.7 Å². The van der Waals surface area contributed by atoms with Gasteiger partial charge in [-0.05, 0) is 60.1 Å². The molecule has 0 saturated heterocycles. The second kappa shape index (κ2) is 9.50. The summed E-state index contributed by atoms with van der Waals surface area (Å²) in [5, 5.41) is 7.72. The topological polar surface area (TPSA) is 45.7 Å². The van der Waals surface area contributed by atoms with Gasteiger partial charge in [0.25, 0.3) is 0 Å². The van der Waals surface area contributed by atoms with E-state index < -0.39 is 0 Å². The summed E-state index contributed by atoms with van der Waals surface area (Å²) in [5.74, 6) is 0.795. The third kappa shape index (κ3) is 6.24. The van der Waals surface area contributed by atoms with Gasteiger partial charge in [-0.25, -0.2) is 0 Å². The molecule has 136 valence electrons. The van der Waals surface area contributed by atoms with E-state index in [-0.39, 0.29) is 0 Å². The molecule has 0 unspecified atom stereocenters. The van der Waals surface area contributed by atoms with Crippen LogP contribution < -0.4 is 15.5 Å². The average molecular weight is 375 g/mol. The number of benzene rings is 3. The van der Waals surface area contributed by atoms with Crippen LogP contribution in [0.2, 0.25) is 0 Å². The lowest BCUT2D eigenvalue weighted by atomic mass is 10.2. The van der Waals surface area contributed by atoms with Crippen LogP contribution >= 0.6 is 12.2 Å². The van der Waals surface area contributed by atoms with E-state index in [2.05, 4.69) is 15.8 Å². The second-order valence-electron chi connectivity index (χ2n) is 6.04. The summed E-state index contributed by atoms with van der Waals surface area (Å²) < 4.78 is 5.83. The molecule has 2 N–H and O–H groups in total. The minimum Gasteiger partial charge on any atom is -0.489 e. The van der Waals surface area contributed by atoms with Gasteiger partial charge in [0, 0.05) is 5.69 Å². The number of hydrazone groups is 1. The van der Waals surface area contributed by atoms with E-state index in [9.17, 15) is 0 Å². The van der Waals surface area contributed by atoms with E-state index in [1.165, 1.54) is 5.56 Å². The van der Waals surface area contributed by atoms with Crippen LogP contribution in [0.4, 0.5) is 5.69 Å². The Hall–Kier alpha value is -3.18. The molecule has 5 heteroatoms. The van der Waals surface area contributed by atoms with Crippen LogP contribution in [-0.4, -0.2) is 11.3 Å². The van der Waals surface area contributed by atoms with Crippen molar-refractivity contribution in [1.82, 2.24) is 5.43 Å². The molecule has 0 bridgehead atoms. The smallest absolute Gasteiger partial charge is 0.191 e. The number of aryl methyl sites for hydroxylation is 1. The zero-order valence-corrected chi connectivity index (χ0v) is 15.9. The molecule has 0 radical (unpaired) electrons. The SMILES string of the molecule is Cc1cccc(NC(=S)NN=Cc2cccc(OCc3ccccc3)c2)c1. The van der Waals surface area contributed by atoms with Crippen molar-refractivity contribution in [2.24, 2.45) is 5.10 Å². The molecule has 27 heavy (non-hydrogen) atoms. The molecule has 0 amide bonds. The van der Waals surface area contributed by atoms with Crippen LogP contribution in [0.15, 0.2) is 84.0 Å². The predicted octanol–water partition coefficient (Wildman–Crippen LogP) is 4.89. The third-order valence-electron chi connectivity index (χ3n) is 3.76. The number of hydrogen-bond donors (Lipinski definition) is 2. The van der Waals surface area contributed by atoms with Crippen LogP contribution in [0.3, 0.4) is 0 Å². The van der Waals surface area contributed by atoms with E-state index in [0.29, 0.717) is 11.7 Å². The highest BCUT2D eigenvalue weighted by molar-refractivity contribution is 7.80. The maximum Gasteiger partial charge on any atom is 0.191 e. The number of hydrogen-bond acceptors (Lipinski definition) is 3. The number of anilines is 1. The lowest BCUT2D eigenvalue weighted by Gasteiger charge is -2.08. The van der Waals surface area contributed by atoms with Crippen LogP contribution in [0, 0.1) is 6.92 Å². The van der Waals surface area contributed by atoms with Gasteiger partial charge in [-0.2, -0.15) is 5.10 Å². The minimum absolute atomic E-state index is 0.438. The largest absolute Gasteiger partial charge is 0.489 e. The molecule has 4 nitrogen and oxygen atoms in total. The fraction of sp³-hybridized carbons (Fsp3) is 0.0909. The zero-order chi connectivity index (χ0) is 18.9. The summed E-state index contributed by atoms with van der Waals surface area (Å²) in [5.41, 5.74) is 6.97. The van der Waals surface area contributed by atoms with Crippen LogP contribution in [0.5, 0.6) is 5.75 Å². The number of nitrogens with zero attached hydrogens (tertiary/aromatic N) is 1. The van der Waals surface area contributed by atoms with Gasteiger partial charge in [0.2, 0.25) is 0 Å². The molecular formula is C22H21N3OS. The molecule has 0 spiro atoms. The number of nitrogens with one attached hydrogen (secondary N) is 2. The average Bonchev–Trinajstić information content (AvgIpc) is 2.68. The minimum atomic E-state index is 0.438. The first-order chi connectivity index (χ1) is 13.2. The van der Waals surface area contributed by atoms with Crippen LogP contribution in [-0.2, 0) is 6.61 Å². The molecule has 0 aromatic heterocycles. The van der Waals surface area contributed by atoms with E-state index >= 15 is 0 Å². The Bertz CT molecular complexity index is 926. The van der Waals surface area contributed by atoms with Gasteiger partial charge in [-0.3, -0.25) is 5.43 Å². The van der Waals surface area contributed by atoms with E-state index in [4.69, 9.17) is 17.0 Å². The Balaban J connectivity index is 1.52. The predicted molar refractivity (Wildman–Crippen MR) is 115 cm³/mol. The van der Waals surface area contributed by atoms with E-state index in [0.717, 1.165) is 22.6 Å². The molecule has 3 rings (SSSR count). The van der Waals surface area contributed by atoms with Crippen molar-refractivity contribution in [3.05, 3.63) is 95.6 Å². The van der Waals surface area contributed by atoms with Crippen molar-refractivity contribution in [2.45, 2.75) is 13.5 Å². The first-order valence-corrected chi connectivity index (χ1v) is 9.03. The van der Waals surface area contributed by atoms with E-state index in [1.54, 1.807) is 6.21 Å². The van der Waals surface area contributed by atoms with Gasteiger partial charge in [0.1, 0.15) is 12.4 Å². The van der Waals surface area contributed by atoms with Crippen molar-refractivity contribution in [3.63, 3.8) is 0 Å². The van der Waals surface area contributed by atoms with Gasteiger partial charge in [0.15, 0.2) is 5.11 Å². The fourth-order valence-electron chi connectivity index (χ4n) is 2.47. The Kier molecular flexibility index (Phi) is 6.55. The summed E-state index contributed by atoms with van der Waals surface area (Å²) in [6.45, 7) is 2.57. The van der Waals surface area contributed by atoms with Crippen molar-refractivity contribution < 1.29 is 4.74 Å². The Morgan fingerprint density at radius 2 is 1.81 bits per heavy atom. The number of ether oxygens (including phenoxy) is 1. The van der Waals surface area contributed by atoms with Gasteiger partial charge in [0.05, 0.1) is 6.21 Å². The zero-order valence-electron chi connectivity index (χ0n) is 15.1. The molecule has 3 aromatic carbocycles. The molecule has 0 atom stereocenters. The van der Waals surface area contributed by atoms with Gasteiger partial charge < -0.3 is 10.1 Å². The number of rotatable bonds is 6. The highest BCUT2D eigenvalue weighted by Crippen LogP contribution is 2.14. The van der Waals surface area contributed by atoms with Gasteiger partial charge >= 0.3 is 0 Å². The molecule has 0 heterocycles. The molecule has 0 aliphatic carbocycles. The summed E-state index contributed by atoms with van der Waals surface area (Å²) in [4.78, 5) is 0. The Labute approximate surface area is 164 Å². The highest BCUT2D eigenvalue weighted by atomic mass is 32.1. The maximum atomic E-state index is 5.83. The van der Waals surface area contributed by atoms with Crippen molar-refractivity contribution in [1.29, 1.82) is 0 Å². The monoisotopic (exact) mass is 375 g/mol. The highest BCUT2D eigenvalue weighted by Gasteiger charge is 1.98. The second-order valence-corrected chi connectivity index (χ2v) is 6.45. The standard InChI is InChI=1S/C22H21N3OS/c1-17-7-5-11-20(13-17)24-22(27)25-23-15-19-10-6-12-21(14-19)26-16-18-8-3-2-4-9-18/h2-15H,16H2,1H3,(H2,24,25,27). The quantitative estimate of drug-likeness (QED) is 0.366. The third-order valence-corrected chi connectivity index (χ3v) is 3.96. The Morgan fingerprint density at radius 3 is 2.63 bits per heavy atom.